The van der Waals surface area contributed by atoms with Crippen molar-refractivity contribution in [3.05, 3.63) is 0 Å². The zero-order valence-corrected chi connectivity index (χ0v) is 15.4. The van der Waals surface area contributed by atoms with Gasteiger partial charge in [0.25, 0.3) is 0 Å². The van der Waals surface area contributed by atoms with Gasteiger partial charge < -0.3 is 24.2 Å². The van der Waals surface area contributed by atoms with E-state index < -0.39 is 17.5 Å². The minimum atomic E-state index is -0.680. The molecule has 0 aromatic rings. The first kappa shape index (κ1) is 18.0. The van der Waals surface area contributed by atoms with Crippen LogP contribution >= 0.6 is 0 Å². The van der Waals surface area contributed by atoms with Crippen molar-refractivity contribution in [2.24, 2.45) is 5.92 Å². The molecule has 0 aromatic heterocycles. The van der Waals surface area contributed by atoms with Gasteiger partial charge in [-0.1, -0.05) is 0 Å². The Morgan fingerprint density at radius 1 is 1.21 bits per heavy atom. The van der Waals surface area contributed by atoms with Crippen molar-refractivity contribution in [1.29, 1.82) is 0 Å². The van der Waals surface area contributed by atoms with Gasteiger partial charge in [-0.25, -0.2) is 4.79 Å². The molecule has 3 rings (SSSR count). The van der Waals surface area contributed by atoms with Gasteiger partial charge in [-0.05, 0) is 60.3 Å². The van der Waals surface area contributed by atoms with Crippen molar-refractivity contribution in [3.8, 4) is 0 Å². The predicted octanol–water partition coefficient (Wildman–Crippen LogP) is 2.68. The zero-order valence-electron chi connectivity index (χ0n) is 15.4. The van der Waals surface area contributed by atoms with Crippen molar-refractivity contribution in [1.82, 2.24) is 4.90 Å². The van der Waals surface area contributed by atoms with Crippen molar-refractivity contribution in [2.45, 2.75) is 96.0 Å². The lowest BCUT2D eigenvalue weighted by molar-refractivity contribution is -0.169. The molecule has 1 amide bonds. The number of hydrogen-bond acceptors (Lipinski definition) is 5. The highest BCUT2D eigenvalue weighted by atomic mass is 16.8. The van der Waals surface area contributed by atoms with Gasteiger partial charge in [0.2, 0.25) is 0 Å². The molecule has 24 heavy (non-hydrogen) atoms. The Morgan fingerprint density at radius 2 is 1.88 bits per heavy atom. The summed E-state index contributed by atoms with van der Waals surface area (Å²) in [5.74, 6) is -0.597. The number of aliphatic hydroxyl groups excluding tert-OH is 1. The summed E-state index contributed by atoms with van der Waals surface area (Å²) in [6.07, 6.45) is 2.34. The van der Waals surface area contributed by atoms with Gasteiger partial charge in [0.05, 0.1) is 12.2 Å². The molecular weight excluding hydrogens is 310 g/mol. The third-order valence-electron chi connectivity index (χ3n) is 5.15. The molecule has 1 aliphatic carbocycles. The van der Waals surface area contributed by atoms with Gasteiger partial charge >= 0.3 is 6.09 Å². The number of ether oxygens (including phenoxy) is 3. The molecular formula is C18H31NO5. The standard InChI is InChI=1S/C18H31NO5/c1-17(2,3)24-16(21)19-9-7-6-8-12(19)11-10-13(20)15-14(11)22-18(4,5)23-15/h11-15,20H,6-10H2,1-5H3/t11-,12?,13+,14-,15+/m1/s1. The van der Waals surface area contributed by atoms with E-state index in [0.717, 1.165) is 19.3 Å². The van der Waals surface area contributed by atoms with E-state index in [0.29, 0.717) is 13.0 Å². The summed E-state index contributed by atoms with van der Waals surface area (Å²) >= 11 is 0. The normalized spacial score (nSPS) is 38.9. The largest absolute Gasteiger partial charge is 0.444 e. The van der Waals surface area contributed by atoms with Gasteiger partial charge in [-0.15, -0.1) is 0 Å². The van der Waals surface area contributed by atoms with E-state index in [1.54, 1.807) is 0 Å². The van der Waals surface area contributed by atoms with E-state index in [-0.39, 0.29) is 30.3 Å². The Morgan fingerprint density at radius 3 is 2.54 bits per heavy atom. The number of likely N-dealkylation sites (tertiary alicyclic amines) is 1. The maximum absolute atomic E-state index is 12.7. The van der Waals surface area contributed by atoms with Crippen LogP contribution in [-0.4, -0.2) is 58.4 Å². The Hall–Kier alpha value is -0.850. The fourth-order valence-electron chi connectivity index (χ4n) is 4.32. The summed E-state index contributed by atoms with van der Waals surface area (Å²) in [4.78, 5) is 14.5. The van der Waals surface area contributed by atoms with E-state index in [2.05, 4.69) is 0 Å². The monoisotopic (exact) mass is 341 g/mol. The number of carbonyl (C=O) groups is 1. The molecule has 6 nitrogen and oxygen atoms in total. The number of rotatable bonds is 1. The van der Waals surface area contributed by atoms with Crippen LogP contribution in [0.4, 0.5) is 4.79 Å². The molecule has 3 aliphatic rings. The van der Waals surface area contributed by atoms with E-state index in [4.69, 9.17) is 14.2 Å². The van der Waals surface area contributed by atoms with Crippen LogP contribution in [0.1, 0.15) is 60.3 Å². The van der Waals surface area contributed by atoms with Crippen molar-refractivity contribution in [2.75, 3.05) is 6.54 Å². The van der Waals surface area contributed by atoms with Crippen LogP contribution in [0.15, 0.2) is 0 Å². The molecule has 3 fully saturated rings. The fourth-order valence-corrected chi connectivity index (χ4v) is 4.32. The highest BCUT2D eigenvalue weighted by Crippen LogP contribution is 2.45. The second-order valence-corrected chi connectivity index (χ2v) is 8.77. The molecule has 2 saturated heterocycles. The lowest BCUT2D eigenvalue weighted by Crippen LogP contribution is -2.51. The van der Waals surface area contributed by atoms with Crippen molar-refractivity contribution >= 4 is 6.09 Å². The van der Waals surface area contributed by atoms with Crippen LogP contribution in [0.25, 0.3) is 0 Å². The summed E-state index contributed by atoms with van der Waals surface area (Å²) < 4.78 is 17.6. The summed E-state index contributed by atoms with van der Waals surface area (Å²) in [7, 11) is 0. The third kappa shape index (κ3) is 3.55. The molecule has 1 N–H and O–H groups in total. The molecule has 2 aliphatic heterocycles. The molecule has 6 heteroatoms. The first-order valence-electron chi connectivity index (χ1n) is 9.11. The number of nitrogens with zero attached hydrogens (tertiary/aromatic N) is 1. The zero-order chi connectivity index (χ0) is 17.7. The van der Waals surface area contributed by atoms with E-state index >= 15 is 0 Å². The molecule has 0 spiro atoms. The van der Waals surface area contributed by atoms with Crippen LogP contribution < -0.4 is 0 Å². The van der Waals surface area contributed by atoms with E-state index in [9.17, 15) is 9.90 Å². The minimum absolute atomic E-state index is 0.0377. The molecule has 5 atom stereocenters. The molecule has 0 radical (unpaired) electrons. The highest BCUT2D eigenvalue weighted by Gasteiger charge is 2.56. The predicted molar refractivity (Wildman–Crippen MR) is 88.5 cm³/mol. The topological polar surface area (TPSA) is 68.2 Å². The Bertz CT molecular complexity index is 486. The van der Waals surface area contributed by atoms with Crippen LogP contribution in [0, 0.1) is 5.92 Å². The van der Waals surface area contributed by atoms with Gasteiger partial charge in [0, 0.05) is 18.5 Å². The maximum Gasteiger partial charge on any atom is 0.410 e. The highest BCUT2D eigenvalue weighted by molar-refractivity contribution is 5.68. The SMILES string of the molecule is CC(C)(C)OC(=O)N1CCCCC1[C@H]1C[C@H](O)[C@@H]2OC(C)(C)O[C@@H]21. The quantitative estimate of drug-likeness (QED) is 0.794. The summed E-state index contributed by atoms with van der Waals surface area (Å²) in [5, 5.41) is 10.4. The lowest BCUT2D eigenvalue weighted by atomic mass is 9.87. The van der Waals surface area contributed by atoms with Gasteiger partial charge in [0.1, 0.15) is 11.7 Å². The molecule has 0 aromatic carbocycles. The lowest BCUT2D eigenvalue weighted by Gasteiger charge is -2.41. The van der Waals surface area contributed by atoms with Gasteiger partial charge in [-0.2, -0.15) is 0 Å². The van der Waals surface area contributed by atoms with Crippen molar-refractivity contribution in [3.63, 3.8) is 0 Å². The van der Waals surface area contributed by atoms with Crippen LogP contribution in [-0.2, 0) is 14.2 Å². The number of fused-ring (bicyclic) bond motifs is 1. The van der Waals surface area contributed by atoms with Gasteiger partial charge in [0.15, 0.2) is 5.79 Å². The second kappa shape index (κ2) is 6.15. The summed E-state index contributed by atoms with van der Waals surface area (Å²) in [5.41, 5.74) is -0.508. The van der Waals surface area contributed by atoms with E-state index in [1.165, 1.54) is 0 Å². The molecule has 1 saturated carbocycles. The first-order chi connectivity index (χ1) is 11.1. The minimum Gasteiger partial charge on any atom is -0.444 e. The maximum atomic E-state index is 12.7. The number of carbonyl (C=O) groups excluding carboxylic acids is 1. The average Bonchev–Trinajstić information content (AvgIpc) is 2.92. The Kier molecular flexibility index (Phi) is 4.60. The third-order valence-corrected chi connectivity index (χ3v) is 5.15. The second-order valence-electron chi connectivity index (χ2n) is 8.77. The number of amides is 1. The summed E-state index contributed by atoms with van der Waals surface area (Å²) in [6.45, 7) is 10.1. The Balaban J connectivity index is 1.77. The number of aliphatic hydroxyl groups is 1. The molecule has 1 unspecified atom stereocenters. The van der Waals surface area contributed by atoms with Crippen LogP contribution in [0.3, 0.4) is 0 Å². The van der Waals surface area contributed by atoms with Crippen LogP contribution in [0.5, 0.6) is 0 Å². The number of hydrogen-bond donors (Lipinski definition) is 1. The molecule has 0 bridgehead atoms. The smallest absolute Gasteiger partial charge is 0.410 e. The molecule has 138 valence electrons. The number of piperidine rings is 1. The average molecular weight is 341 g/mol. The van der Waals surface area contributed by atoms with Gasteiger partial charge in [-0.3, -0.25) is 0 Å². The Labute approximate surface area is 144 Å². The first-order valence-corrected chi connectivity index (χ1v) is 9.11. The van der Waals surface area contributed by atoms with Crippen molar-refractivity contribution < 1.29 is 24.1 Å². The molecule has 2 heterocycles. The van der Waals surface area contributed by atoms with Crippen LogP contribution in [0.2, 0.25) is 0 Å². The summed E-state index contributed by atoms with van der Waals surface area (Å²) in [6, 6.07) is 0.0377. The van der Waals surface area contributed by atoms with E-state index in [1.807, 2.05) is 39.5 Å². The fraction of sp³-hybridized carbons (Fsp3) is 0.944.